The molecule has 0 heterocycles. The van der Waals surface area contributed by atoms with Crippen LogP contribution in [-0.2, 0) is 23.8 Å². The van der Waals surface area contributed by atoms with E-state index in [1.54, 1.807) is 12.1 Å². The lowest BCUT2D eigenvalue weighted by Crippen LogP contribution is -2.11. The van der Waals surface area contributed by atoms with Crippen LogP contribution in [0.5, 0.6) is 5.75 Å². The molecule has 0 amide bonds. The largest absolute Gasteiger partial charge is 0.489 e. The van der Waals surface area contributed by atoms with E-state index in [-0.39, 0.29) is 36.6 Å². The lowest BCUT2D eigenvalue weighted by Gasteiger charge is -2.15. The summed E-state index contributed by atoms with van der Waals surface area (Å²) in [6, 6.07) is 9.93. The Morgan fingerprint density at radius 3 is 2.40 bits per heavy atom. The first-order chi connectivity index (χ1) is 14.2. The third kappa shape index (κ3) is 5.84. The molecule has 0 saturated heterocycles. The summed E-state index contributed by atoms with van der Waals surface area (Å²) in [5.41, 5.74) is 2.29. The average molecular weight is 422 g/mol. The van der Waals surface area contributed by atoms with Crippen molar-refractivity contribution in [3.8, 4) is 5.75 Å². The molecule has 0 aliphatic heterocycles. The minimum Gasteiger partial charge on any atom is -0.489 e. The maximum absolute atomic E-state index is 13.4. The van der Waals surface area contributed by atoms with Gasteiger partial charge < -0.3 is 9.84 Å². The second kappa shape index (κ2) is 9.32. The maximum atomic E-state index is 13.4. The van der Waals surface area contributed by atoms with Crippen molar-refractivity contribution in [3.05, 3.63) is 76.1 Å². The number of carbonyl (C=O) groups is 1. The zero-order valence-electron chi connectivity index (χ0n) is 16.3. The van der Waals surface area contributed by atoms with Gasteiger partial charge in [0.15, 0.2) is 0 Å². The SMILES string of the molecule is O=C(O)CCc1ccc(OCC2=C(Cc3ccc(F)cc3)CCC2)cc1C(F)(F)F. The summed E-state index contributed by atoms with van der Waals surface area (Å²) in [5.74, 6) is -1.35. The molecule has 2 aromatic carbocycles. The molecule has 0 spiro atoms. The number of carboxylic acid groups (broad SMARTS) is 1. The van der Waals surface area contributed by atoms with Crippen molar-refractivity contribution in [2.45, 2.75) is 44.7 Å². The van der Waals surface area contributed by atoms with Crippen molar-refractivity contribution in [2.75, 3.05) is 6.61 Å². The first kappa shape index (κ1) is 21.9. The fraction of sp³-hybridized carbons (Fsp3) is 0.348. The lowest BCUT2D eigenvalue weighted by atomic mass is 10.0. The Labute approximate surface area is 172 Å². The third-order valence-corrected chi connectivity index (χ3v) is 5.20. The summed E-state index contributed by atoms with van der Waals surface area (Å²) in [4.78, 5) is 10.7. The maximum Gasteiger partial charge on any atom is 0.416 e. The molecule has 7 heteroatoms. The molecule has 1 N–H and O–H groups in total. The van der Waals surface area contributed by atoms with E-state index < -0.39 is 17.7 Å². The molecule has 1 aliphatic carbocycles. The first-order valence-electron chi connectivity index (χ1n) is 9.71. The van der Waals surface area contributed by atoms with Crippen LogP contribution in [0.1, 0.15) is 42.4 Å². The topological polar surface area (TPSA) is 46.5 Å². The number of halogens is 4. The third-order valence-electron chi connectivity index (χ3n) is 5.20. The second-order valence-electron chi connectivity index (χ2n) is 7.36. The Balaban J connectivity index is 1.72. The van der Waals surface area contributed by atoms with Crippen molar-refractivity contribution in [1.82, 2.24) is 0 Å². The van der Waals surface area contributed by atoms with Gasteiger partial charge >= 0.3 is 12.1 Å². The number of aliphatic carboxylic acids is 1. The molecule has 0 unspecified atom stereocenters. The molecule has 0 fully saturated rings. The molecule has 3 rings (SSSR count). The number of hydrogen-bond acceptors (Lipinski definition) is 2. The normalized spacial score (nSPS) is 14.3. The van der Waals surface area contributed by atoms with E-state index in [0.29, 0.717) is 6.42 Å². The van der Waals surface area contributed by atoms with Crippen LogP contribution in [0.2, 0.25) is 0 Å². The van der Waals surface area contributed by atoms with E-state index in [4.69, 9.17) is 9.84 Å². The van der Waals surface area contributed by atoms with Gasteiger partial charge in [0.25, 0.3) is 0 Å². The van der Waals surface area contributed by atoms with Crippen molar-refractivity contribution < 1.29 is 32.2 Å². The van der Waals surface area contributed by atoms with Crippen LogP contribution < -0.4 is 4.74 Å². The van der Waals surface area contributed by atoms with Crippen LogP contribution in [0.15, 0.2) is 53.6 Å². The number of allylic oxidation sites excluding steroid dienone is 1. The van der Waals surface area contributed by atoms with Crippen LogP contribution in [0.3, 0.4) is 0 Å². The van der Waals surface area contributed by atoms with E-state index in [0.717, 1.165) is 36.5 Å². The number of hydrogen-bond donors (Lipinski definition) is 1. The van der Waals surface area contributed by atoms with Gasteiger partial charge in [-0.1, -0.05) is 23.8 Å². The number of ether oxygens (including phenoxy) is 1. The number of alkyl halides is 3. The van der Waals surface area contributed by atoms with Gasteiger partial charge in [-0.2, -0.15) is 13.2 Å². The van der Waals surface area contributed by atoms with Gasteiger partial charge in [-0.25, -0.2) is 4.39 Å². The Hall–Kier alpha value is -2.83. The van der Waals surface area contributed by atoms with Crippen LogP contribution in [0.4, 0.5) is 17.6 Å². The molecule has 3 nitrogen and oxygen atoms in total. The molecule has 2 aromatic rings. The van der Waals surface area contributed by atoms with Gasteiger partial charge in [0.1, 0.15) is 18.2 Å². The summed E-state index contributed by atoms with van der Waals surface area (Å²) in [6.45, 7) is 0.197. The molecule has 160 valence electrons. The molecule has 0 bridgehead atoms. The molecule has 30 heavy (non-hydrogen) atoms. The van der Waals surface area contributed by atoms with Crippen molar-refractivity contribution in [1.29, 1.82) is 0 Å². The highest BCUT2D eigenvalue weighted by molar-refractivity contribution is 5.67. The lowest BCUT2D eigenvalue weighted by molar-refractivity contribution is -0.140. The van der Waals surface area contributed by atoms with Crippen molar-refractivity contribution in [3.63, 3.8) is 0 Å². The smallest absolute Gasteiger partial charge is 0.416 e. The molecule has 0 aromatic heterocycles. The summed E-state index contributed by atoms with van der Waals surface area (Å²) < 4.78 is 58.9. The minimum absolute atomic E-state index is 0.0608. The summed E-state index contributed by atoms with van der Waals surface area (Å²) in [5, 5.41) is 8.74. The van der Waals surface area contributed by atoms with E-state index in [1.807, 2.05) is 0 Å². The van der Waals surface area contributed by atoms with Crippen LogP contribution in [0, 0.1) is 5.82 Å². The number of rotatable bonds is 8. The second-order valence-corrected chi connectivity index (χ2v) is 7.36. The quantitative estimate of drug-likeness (QED) is 0.422. The highest BCUT2D eigenvalue weighted by atomic mass is 19.4. The van der Waals surface area contributed by atoms with E-state index in [2.05, 4.69) is 0 Å². The van der Waals surface area contributed by atoms with Gasteiger partial charge in [-0.15, -0.1) is 0 Å². The van der Waals surface area contributed by atoms with Gasteiger partial charge in [-0.05, 0) is 73.1 Å². The fourth-order valence-corrected chi connectivity index (χ4v) is 3.64. The van der Waals surface area contributed by atoms with Gasteiger partial charge in [0.05, 0.1) is 5.56 Å². The molecular weight excluding hydrogens is 400 g/mol. The highest BCUT2D eigenvalue weighted by Gasteiger charge is 2.33. The Morgan fingerprint density at radius 1 is 1.03 bits per heavy atom. The van der Waals surface area contributed by atoms with Gasteiger partial charge in [0, 0.05) is 6.42 Å². The number of carboxylic acids is 1. The zero-order valence-corrected chi connectivity index (χ0v) is 16.3. The monoisotopic (exact) mass is 422 g/mol. The first-order valence-corrected chi connectivity index (χ1v) is 9.71. The van der Waals surface area contributed by atoms with E-state index >= 15 is 0 Å². The molecule has 0 radical (unpaired) electrons. The Morgan fingerprint density at radius 2 is 1.73 bits per heavy atom. The summed E-state index contributed by atoms with van der Waals surface area (Å²) in [7, 11) is 0. The summed E-state index contributed by atoms with van der Waals surface area (Å²) in [6.07, 6.45) is -1.83. The van der Waals surface area contributed by atoms with Crippen LogP contribution in [0.25, 0.3) is 0 Å². The highest BCUT2D eigenvalue weighted by Crippen LogP contribution is 2.36. The van der Waals surface area contributed by atoms with Crippen LogP contribution >= 0.6 is 0 Å². The average Bonchev–Trinajstić information content (AvgIpc) is 3.13. The molecule has 0 saturated carbocycles. The zero-order chi connectivity index (χ0) is 21.7. The standard InChI is InChI=1S/C23H22F4O3/c24-19-8-4-15(5-9-19)12-17-2-1-3-18(17)14-30-20-10-6-16(7-11-22(28)29)21(13-20)23(25,26)27/h4-6,8-10,13H,1-3,7,11-12,14H2,(H,28,29). The fourth-order valence-electron chi connectivity index (χ4n) is 3.64. The predicted octanol–water partition coefficient (Wildman–Crippen LogP) is 5.96. The van der Waals surface area contributed by atoms with E-state index in [1.165, 1.54) is 29.8 Å². The number of benzene rings is 2. The molecular formula is C23H22F4O3. The Bertz CT molecular complexity index is 930. The number of aryl methyl sites for hydroxylation is 1. The molecule has 0 atom stereocenters. The van der Waals surface area contributed by atoms with Crippen LogP contribution in [-0.4, -0.2) is 17.7 Å². The van der Waals surface area contributed by atoms with Crippen molar-refractivity contribution in [2.24, 2.45) is 0 Å². The van der Waals surface area contributed by atoms with Gasteiger partial charge in [-0.3, -0.25) is 4.79 Å². The Kier molecular flexibility index (Phi) is 6.80. The predicted molar refractivity (Wildman–Crippen MR) is 104 cm³/mol. The van der Waals surface area contributed by atoms with Crippen molar-refractivity contribution >= 4 is 5.97 Å². The van der Waals surface area contributed by atoms with E-state index in [9.17, 15) is 22.4 Å². The minimum atomic E-state index is -4.59. The van der Waals surface area contributed by atoms with Gasteiger partial charge in [0.2, 0.25) is 0 Å². The molecule has 1 aliphatic rings. The summed E-state index contributed by atoms with van der Waals surface area (Å²) >= 11 is 0.